The van der Waals surface area contributed by atoms with Crippen molar-refractivity contribution < 1.29 is 0 Å². The SMILES string of the molecule is CCCn1ncc(-c2ccc3c(c2)CCC3N)c1C. The van der Waals surface area contributed by atoms with Crippen molar-refractivity contribution >= 4 is 0 Å². The molecule has 1 aliphatic rings. The number of hydrogen-bond donors (Lipinski definition) is 1. The number of aromatic nitrogens is 2. The molecule has 0 amide bonds. The zero-order valence-electron chi connectivity index (χ0n) is 11.7. The fourth-order valence-corrected chi connectivity index (χ4v) is 2.99. The summed E-state index contributed by atoms with van der Waals surface area (Å²) in [6.45, 7) is 5.32. The summed E-state index contributed by atoms with van der Waals surface area (Å²) in [6, 6.07) is 6.90. The number of hydrogen-bond acceptors (Lipinski definition) is 2. The minimum absolute atomic E-state index is 0.230. The van der Waals surface area contributed by atoms with E-state index >= 15 is 0 Å². The zero-order chi connectivity index (χ0) is 13.4. The first-order chi connectivity index (χ1) is 9.20. The molecule has 1 heterocycles. The second-order valence-electron chi connectivity index (χ2n) is 5.43. The molecule has 1 aromatic heterocycles. The van der Waals surface area contributed by atoms with Crippen molar-refractivity contribution in [2.75, 3.05) is 0 Å². The number of rotatable bonds is 3. The van der Waals surface area contributed by atoms with Gasteiger partial charge in [-0.1, -0.05) is 25.1 Å². The Balaban J connectivity index is 1.99. The number of nitrogens with two attached hydrogens (primary N) is 1. The van der Waals surface area contributed by atoms with Gasteiger partial charge in [-0.3, -0.25) is 4.68 Å². The van der Waals surface area contributed by atoms with Crippen LogP contribution in [0.1, 0.15) is 42.6 Å². The van der Waals surface area contributed by atoms with Gasteiger partial charge in [-0.05, 0) is 42.9 Å². The Kier molecular flexibility index (Phi) is 3.15. The van der Waals surface area contributed by atoms with Crippen LogP contribution in [0.5, 0.6) is 0 Å². The topological polar surface area (TPSA) is 43.8 Å². The highest BCUT2D eigenvalue weighted by Gasteiger charge is 2.19. The van der Waals surface area contributed by atoms with Gasteiger partial charge in [0.1, 0.15) is 0 Å². The predicted octanol–water partition coefficient (Wildman–Crippen LogP) is 3.21. The highest BCUT2D eigenvalue weighted by molar-refractivity contribution is 5.67. The van der Waals surface area contributed by atoms with E-state index in [9.17, 15) is 0 Å². The van der Waals surface area contributed by atoms with E-state index in [2.05, 4.69) is 41.8 Å². The van der Waals surface area contributed by atoms with Crippen molar-refractivity contribution in [3.8, 4) is 11.1 Å². The molecule has 0 bridgehead atoms. The van der Waals surface area contributed by atoms with Crippen LogP contribution in [0, 0.1) is 6.92 Å². The van der Waals surface area contributed by atoms with Gasteiger partial charge in [-0.15, -0.1) is 0 Å². The molecule has 3 rings (SSSR count). The number of nitrogens with zero attached hydrogens (tertiary/aromatic N) is 2. The summed E-state index contributed by atoms with van der Waals surface area (Å²) in [5.74, 6) is 0. The van der Waals surface area contributed by atoms with Gasteiger partial charge in [0.25, 0.3) is 0 Å². The number of fused-ring (bicyclic) bond motifs is 1. The molecule has 1 atom stereocenters. The third-order valence-corrected chi connectivity index (χ3v) is 4.12. The first-order valence-corrected chi connectivity index (χ1v) is 7.12. The minimum atomic E-state index is 0.230. The Morgan fingerprint density at radius 3 is 3.05 bits per heavy atom. The van der Waals surface area contributed by atoms with Crippen LogP contribution in [0.25, 0.3) is 11.1 Å². The Labute approximate surface area is 114 Å². The second-order valence-corrected chi connectivity index (χ2v) is 5.43. The molecular weight excluding hydrogens is 234 g/mol. The molecule has 0 saturated heterocycles. The molecule has 0 saturated carbocycles. The maximum absolute atomic E-state index is 6.09. The first-order valence-electron chi connectivity index (χ1n) is 7.12. The van der Waals surface area contributed by atoms with Gasteiger partial charge >= 0.3 is 0 Å². The van der Waals surface area contributed by atoms with E-state index in [1.54, 1.807) is 0 Å². The van der Waals surface area contributed by atoms with Gasteiger partial charge in [0.2, 0.25) is 0 Å². The van der Waals surface area contributed by atoms with Crippen LogP contribution < -0.4 is 5.73 Å². The number of benzene rings is 1. The third-order valence-electron chi connectivity index (χ3n) is 4.12. The van der Waals surface area contributed by atoms with E-state index in [1.165, 1.54) is 27.9 Å². The van der Waals surface area contributed by atoms with Crippen LogP contribution in [-0.2, 0) is 13.0 Å². The van der Waals surface area contributed by atoms with Crippen molar-refractivity contribution in [2.45, 2.75) is 45.7 Å². The summed E-state index contributed by atoms with van der Waals surface area (Å²) in [4.78, 5) is 0. The van der Waals surface area contributed by atoms with Crippen LogP contribution in [0.2, 0.25) is 0 Å². The van der Waals surface area contributed by atoms with Crippen molar-refractivity contribution in [3.63, 3.8) is 0 Å². The molecule has 3 nitrogen and oxygen atoms in total. The molecule has 1 unspecified atom stereocenters. The smallest absolute Gasteiger partial charge is 0.0571 e. The summed E-state index contributed by atoms with van der Waals surface area (Å²) in [5.41, 5.74) is 12.6. The monoisotopic (exact) mass is 255 g/mol. The molecular formula is C16H21N3. The Morgan fingerprint density at radius 2 is 2.26 bits per heavy atom. The molecule has 1 aromatic carbocycles. The average Bonchev–Trinajstić information content (AvgIpc) is 2.95. The van der Waals surface area contributed by atoms with Crippen molar-refractivity contribution in [2.24, 2.45) is 5.73 Å². The Hall–Kier alpha value is -1.61. The van der Waals surface area contributed by atoms with Gasteiger partial charge in [-0.2, -0.15) is 5.10 Å². The summed E-state index contributed by atoms with van der Waals surface area (Å²) >= 11 is 0. The second kappa shape index (κ2) is 4.82. The minimum Gasteiger partial charge on any atom is -0.324 e. The highest BCUT2D eigenvalue weighted by atomic mass is 15.3. The molecule has 0 spiro atoms. The van der Waals surface area contributed by atoms with Gasteiger partial charge in [0.05, 0.1) is 6.20 Å². The fraction of sp³-hybridized carbons (Fsp3) is 0.438. The van der Waals surface area contributed by atoms with E-state index in [1.807, 2.05) is 6.20 Å². The van der Waals surface area contributed by atoms with Gasteiger partial charge in [0.15, 0.2) is 0 Å². The van der Waals surface area contributed by atoms with E-state index in [0.29, 0.717) is 0 Å². The lowest BCUT2D eigenvalue weighted by atomic mass is 10.0. The lowest BCUT2D eigenvalue weighted by Crippen LogP contribution is -2.04. The van der Waals surface area contributed by atoms with Crippen LogP contribution in [0.4, 0.5) is 0 Å². The van der Waals surface area contributed by atoms with Crippen molar-refractivity contribution in [1.29, 1.82) is 0 Å². The molecule has 2 aromatic rings. The van der Waals surface area contributed by atoms with Gasteiger partial charge in [-0.25, -0.2) is 0 Å². The maximum atomic E-state index is 6.09. The summed E-state index contributed by atoms with van der Waals surface area (Å²) < 4.78 is 2.09. The molecule has 2 N–H and O–H groups in total. The molecule has 0 fully saturated rings. The molecule has 0 radical (unpaired) electrons. The Morgan fingerprint density at radius 1 is 1.42 bits per heavy atom. The third kappa shape index (κ3) is 2.08. The van der Waals surface area contributed by atoms with Gasteiger partial charge in [0, 0.05) is 23.8 Å². The van der Waals surface area contributed by atoms with E-state index in [4.69, 9.17) is 5.73 Å². The average molecular weight is 255 g/mol. The van der Waals surface area contributed by atoms with E-state index in [-0.39, 0.29) is 6.04 Å². The molecule has 0 aliphatic heterocycles. The van der Waals surface area contributed by atoms with E-state index < -0.39 is 0 Å². The van der Waals surface area contributed by atoms with Gasteiger partial charge < -0.3 is 5.73 Å². The van der Waals surface area contributed by atoms with Crippen LogP contribution in [-0.4, -0.2) is 9.78 Å². The van der Waals surface area contributed by atoms with Crippen LogP contribution >= 0.6 is 0 Å². The summed E-state index contributed by atoms with van der Waals surface area (Å²) in [6.07, 6.45) is 5.28. The molecule has 3 heteroatoms. The normalized spacial score (nSPS) is 17.7. The van der Waals surface area contributed by atoms with Crippen molar-refractivity contribution in [1.82, 2.24) is 9.78 Å². The Bertz CT molecular complexity index is 598. The standard InChI is InChI=1S/C16H21N3/c1-3-8-19-11(2)15(10-18-19)13-4-6-14-12(9-13)5-7-16(14)17/h4,6,9-10,16H,3,5,7-8,17H2,1-2H3. The molecule has 1 aliphatic carbocycles. The quantitative estimate of drug-likeness (QED) is 0.915. The molecule has 19 heavy (non-hydrogen) atoms. The summed E-state index contributed by atoms with van der Waals surface area (Å²) in [5, 5.41) is 4.48. The lowest BCUT2D eigenvalue weighted by molar-refractivity contribution is 0.587. The van der Waals surface area contributed by atoms with Crippen LogP contribution in [0.3, 0.4) is 0 Å². The molecule has 100 valence electrons. The number of aryl methyl sites for hydroxylation is 2. The lowest BCUT2D eigenvalue weighted by Gasteiger charge is -2.08. The largest absolute Gasteiger partial charge is 0.324 e. The fourth-order valence-electron chi connectivity index (χ4n) is 2.99. The predicted molar refractivity (Wildman–Crippen MR) is 77.9 cm³/mol. The highest BCUT2D eigenvalue weighted by Crippen LogP contribution is 2.33. The maximum Gasteiger partial charge on any atom is 0.0571 e. The zero-order valence-corrected chi connectivity index (χ0v) is 11.7. The first kappa shape index (κ1) is 12.4. The summed E-state index contributed by atoms with van der Waals surface area (Å²) in [7, 11) is 0. The van der Waals surface area contributed by atoms with E-state index in [0.717, 1.165) is 25.8 Å². The van der Waals surface area contributed by atoms with Crippen molar-refractivity contribution in [3.05, 3.63) is 41.2 Å². The van der Waals surface area contributed by atoms with Crippen LogP contribution in [0.15, 0.2) is 24.4 Å².